The van der Waals surface area contributed by atoms with Gasteiger partial charge in [-0.1, -0.05) is 36.8 Å². The first-order valence-electron chi connectivity index (χ1n) is 8.66. The van der Waals surface area contributed by atoms with Gasteiger partial charge in [-0.2, -0.15) is 0 Å². The Balaban J connectivity index is 0.00000338. The number of aromatic nitrogens is 3. The quantitative estimate of drug-likeness (QED) is 0.253. The number of hydrogen-bond acceptors (Lipinski definition) is 4. The maximum absolute atomic E-state index is 5.10. The van der Waals surface area contributed by atoms with Crippen LogP contribution in [0.5, 0.6) is 0 Å². The Labute approximate surface area is 172 Å². The van der Waals surface area contributed by atoms with Gasteiger partial charge in [-0.15, -0.1) is 34.2 Å². The van der Waals surface area contributed by atoms with Crippen LogP contribution in [-0.2, 0) is 24.2 Å². The van der Waals surface area contributed by atoms with E-state index in [1.165, 1.54) is 11.1 Å². The van der Waals surface area contributed by atoms with Crippen molar-refractivity contribution in [2.24, 2.45) is 4.99 Å². The summed E-state index contributed by atoms with van der Waals surface area (Å²) in [6.07, 6.45) is 2.64. The monoisotopic (exact) mass is 472 g/mol. The molecule has 0 bridgehead atoms. The number of benzene rings is 1. The summed E-state index contributed by atoms with van der Waals surface area (Å²) in [6.45, 7) is 7.69. The van der Waals surface area contributed by atoms with Gasteiger partial charge in [0, 0.05) is 33.2 Å². The molecule has 1 heterocycles. The van der Waals surface area contributed by atoms with Gasteiger partial charge < -0.3 is 19.9 Å². The van der Waals surface area contributed by atoms with Crippen LogP contribution in [0.15, 0.2) is 35.6 Å². The van der Waals surface area contributed by atoms with Crippen molar-refractivity contribution >= 4 is 29.9 Å². The summed E-state index contributed by atoms with van der Waals surface area (Å²) in [6, 6.07) is 8.43. The summed E-state index contributed by atoms with van der Waals surface area (Å²) < 4.78 is 7.15. The van der Waals surface area contributed by atoms with Crippen LogP contribution in [0.25, 0.3) is 0 Å². The molecule has 0 atom stereocenters. The van der Waals surface area contributed by atoms with Gasteiger partial charge >= 0.3 is 0 Å². The van der Waals surface area contributed by atoms with Crippen LogP contribution in [-0.4, -0.2) is 47.5 Å². The minimum atomic E-state index is 0. The number of ether oxygens (including phenoxy) is 1. The second kappa shape index (κ2) is 12.6. The van der Waals surface area contributed by atoms with Gasteiger partial charge in [-0.25, -0.2) is 4.99 Å². The second-order valence-electron chi connectivity index (χ2n) is 5.79. The van der Waals surface area contributed by atoms with E-state index in [4.69, 9.17) is 4.74 Å². The van der Waals surface area contributed by atoms with Crippen molar-refractivity contribution in [2.75, 3.05) is 26.8 Å². The summed E-state index contributed by atoms with van der Waals surface area (Å²) in [5, 5.41) is 14.7. The molecular weight excluding hydrogens is 443 g/mol. The fourth-order valence-electron chi connectivity index (χ4n) is 2.34. The first kappa shape index (κ1) is 22.4. The first-order chi connectivity index (χ1) is 12.2. The van der Waals surface area contributed by atoms with Crippen molar-refractivity contribution in [3.8, 4) is 0 Å². The minimum absolute atomic E-state index is 0. The number of nitrogens with one attached hydrogen (secondary N) is 2. The van der Waals surface area contributed by atoms with E-state index in [2.05, 4.69) is 68.5 Å². The standard InChI is InChI=1S/C18H28N6O.HI/c1-4-17-23-22-14-24(17)11-9-19-18(20-10-12-25-3)21-13-16-7-5-15(2)6-8-16;/h5-8,14H,4,9-13H2,1-3H3,(H2,19,20,21);1H. The van der Waals surface area contributed by atoms with Gasteiger partial charge in [0.05, 0.1) is 13.2 Å². The summed E-state index contributed by atoms with van der Waals surface area (Å²) in [4.78, 5) is 4.66. The van der Waals surface area contributed by atoms with Crippen molar-refractivity contribution in [3.05, 3.63) is 47.5 Å². The molecule has 0 unspecified atom stereocenters. The van der Waals surface area contributed by atoms with Gasteiger partial charge in [0.2, 0.25) is 0 Å². The highest BCUT2D eigenvalue weighted by Gasteiger charge is 2.03. The molecule has 0 saturated heterocycles. The van der Waals surface area contributed by atoms with Gasteiger partial charge in [-0.3, -0.25) is 0 Å². The number of halogens is 1. The number of rotatable bonds is 9. The van der Waals surface area contributed by atoms with E-state index >= 15 is 0 Å². The molecule has 0 aliphatic heterocycles. The van der Waals surface area contributed by atoms with E-state index in [0.717, 1.165) is 31.3 Å². The molecule has 7 nitrogen and oxygen atoms in total. The molecule has 0 amide bonds. The highest BCUT2D eigenvalue weighted by atomic mass is 127. The smallest absolute Gasteiger partial charge is 0.191 e. The Bertz CT molecular complexity index is 656. The molecule has 0 aliphatic carbocycles. The van der Waals surface area contributed by atoms with Crippen LogP contribution >= 0.6 is 24.0 Å². The molecule has 26 heavy (non-hydrogen) atoms. The average molecular weight is 472 g/mol. The van der Waals surface area contributed by atoms with Gasteiger partial charge in [0.25, 0.3) is 0 Å². The molecule has 2 N–H and O–H groups in total. The third-order valence-corrected chi connectivity index (χ3v) is 3.80. The van der Waals surface area contributed by atoms with E-state index in [1.54, 1.807) is 13.4 Å². The van der Waals surface area contributed by atoms with Crippen molar-refractivity contribution in [1.82, 2.24) is 25.4 Å². The maximum atomic E-state index is 5.10. The summed E-state index contributed by atoms with van der Waals surface area (Å²) >= 11 is 0. The molecule has 0 fully saturated rings. The van der Waals surface area contributed by atoms with Gasteiger partial charge in [0.15, 0.2) is 5.96 Å². The predicted molar refractivity (Wildman–Crippen MR) is 115 cm³/mol. The topological polar surface area (TPSA) is 76.4 Å². The number of aliphatic imine (C=N–C) groups is 1. The molecule has 0 aliphatic rings. The normalized spacial score (nSPS) is 11.1. The predicted octanol–water partition coefficient (Wildman–Crippen LogP) is 2.15. The molecule has 8 heteroatoms. The molecule has 1 aromatic carbocycles. The van der Waals surface area contributed by atoms with Crippen LogP contribution in [0.4, 0.5) is 0 Å². The zero-order valence-electron chi connectivity index (χ0n) is 15.7. The Morgan fingerprint density at radius 3 is 2.62 bits per heavy atom. The van der Waals surface area contributed by atoms with Gasteiger partial charge in [-0.05, 0) is 12.5 Å². The van der Waals surface area contributed by atoms with Crippen molar-refractivity contribution in [2.45, 2.75) is 33.4 Å². The molecule has 0 spiro atoms. The van der Waals surface area contributed by atoms with Crippen LogP contribution in [0.3, 0.4) is 0 Å². The van der Waals surface area contributed by atoms with E-state index in [9.17, 15) is 0 Å². The first-order valence-corrected chi connectivity index (χ1v) is 8.66. The molecule has 1 aromatic heterocycles. The third-order valence-electron chi connectivity index (χ3n) is 3.80. The van der Waals surface area contributed by atoms with Crippen molar-refractivity contribution < 1.29 is 4.74 Å². The number of hydrogen-bond donors (Lipinski definition) is 2. The molecule has 0 radical (unpaired) electrons. The molecule has 0 saturated carbocycles. The number of aryl methyl sites for hydroxylation is 2. The largest absolute Gasteiger partial charge is 0.383 e. The Hall–Kier alpha value is -1.68. The summed E-state index contributed by atoms with van der Waals surface area (Å²) in [5.74, 6) is 1.77. The maximum Gasteiger partial charge on any atom is 0.191 e. The number of nitrogens with zero attached hydrogens (tertiary/aromatic N) is 4. The van der Waals surface area contributed by atoms with Crippen LogP contribution in [0.1, 0.15) is 23.9 Å². The summed E-state index contributed by atoms with van der Waals surface area (Å²) in [5.41, 5.74) is 2.44. The second-order valence-corrected chi connectivity index (χ2v) is 5.79. The lowest BCUT2D eigenvalue weighted by Gasteiger charge is -2.13. The van der Waals surface area contributed by atoms with Crippen LogP contribution in [0, 0.1) is 6.92 Å². The number of guanidine groups is 1. The minimum Gasteiger partial charge on any atom is -0.383 e. The van der Waals surface area contributed by atoms with Crippen LogP contribution < -0.4 is 10.6 Å². The molecule has 2 rings (SSSR count). The van der Waals surface area contributed by atoms with E-state index in [1.807, 2.05) is 0 Å². The zero-order valence-corrected chi connectivity index (χ0v) is 18.1. The lowest BCUT2D eigenvalue weighted by atomic mass is 10.1. The molecule has 2 aromatic rings. The number of methoxy groups -OCH3 is 1. The van der Waals surface area contributed by atoms with Crippen molar-refractivity contribution in [3.63, 3.8) is 0 Å². The van der Waals surface area contributed by atoms with E-state index in [-0.39, 0.29) is 24.0 Å². The lowest BCUT2D eigenvalue weighted by molar-refractivity contribution is 0.203. The average Bonchev–Trinajstić information content (AvgIpc) is 3.08. The summed E-state index contributed by atoms with van der Waals surface area (Å²) in [7, 11) is 1.69. The lowest BCUT2D eigenvalue weighted by Crippen LogP contribution is -2.40. The van der Waals surface area contributed by atoms with Gasteiger partial charge in [0.1, 0.15) is 12.2 Å². The molecule has 144 valence electrons. The fraction of sp³-hybridized carbons (Fsp3) is 0.500. The van der Waals surface area contributed by atoms with E-state index in [0.29, 0.717) is 19.7 Å². The Kier molecular flexibility index (Phi) is 10.9. The van der Waals surface area contributed by atoms with E-state index < -0.39 is 0 Å². The SMILES string of the molecule is CCc1nncn1CCNC(=NCc1ccc(C)cc1)NCCOC.I. The Morgan fingerprint density at radius 2 is 1.92 bits per heavy atom. The zero-order chi connectivity index (χ0) is 17.9. The molecular formula is C18H29IN6O. The highest BCUT2D eigenvalue weighted by Crippen LogP contribution is 2.04. The van der Waals surface area contributed by atoms with Crippen LogP contribution in [0.2, 0.25) is 0 Å². The fourth-order valence-corrected chi connectivity index (χ4v) is 2.34. The van der Waals surface area contributed by atoms with Crippen molar-refractivity contribution in [1.29, 1.82) is 0 Å². The highest BCUT2D eigenvalue weighted by molar-refractivity contribution is 14.0. The third kappa shape index (κ3) is 7.69. The Morgan fingerprint density at radius 1 is 1.19 bits per heavy atom.